The second kappa shape index (κ2) is 14.1. The molecule has 0 bridgehead atoms. The van der Waals surface area contributed by atoms with E-state index in [4.69, 9.17) is 44.3 Å². The Kier molecular flexibility index (Phi) is 10.1. The number of aromatic nitrogens is 2. The number of nitrogens with one attached hydrogen (secondary N) is 2. The largest absolute Gasteiger partial charge is 0.392 e. The van der Waals surface area contributed by atoms with Crippen molar-refractivity contribution in [3.63, 3.8) is 0 Å². The zero-order chi connectivity index (χ0) is 32.4. The molecule has 0 saturated carbocycles. The van der Waals surface area contributed by atoms with E-state index in [9.17, 15) is 14.7 Å². The number of halogens is 3. The van der Waals surface area contributed by atoms with Gasteiger partial charge in [-0.3, -0.25) is 9.36 Å². The molecule has 3 heterocycles. The lowest BCUT2D eigenvalue weighted by molar-refractivity contribution is -0.276. The maximum Gasteiger partial charge on any atom is 0.326 e. The molecule has 0 spiro atoms. The van der Waals surface area contributed by atoms with Gasteiger partial charge in [0.2, 0.25) is 0 Å². The van der Waals surface area contributed by atoms with Crippen LogP contribution < -0.4 is 11.0 Å². The van der Waals surface area contributed by atoms with Gasteiger partial charge in [0.1, 0.15) is 0 Å². The first-order valence-corrected chi connectivity index (χ1v) is 16.6. The number of piperidine rings is 1. The van der Waals surface area contributed by atoms with E-state index in [0.717, 1.165) is 65.8 Å². The van der Waals surface area contributed by atoms with E-state index in [1.54, 1.807) is 0 Å². The zero-order valence-electron chi connectivity index (χ0n) is 25.4. The van der Waals surface area contributed by atoms with Gasteiger partial charge in [-0.15, -0.1) is 0 Å². The molecule has 3 N–H and O–H groups in total. The number of rotatable bonds is 8. The first kappa shape index (κ1) is 33.0. The van der Waals surface area contributed by atoms with Gasteiger partial charge in [-0.25, -0.2) is 4.79 Å². The van der Waals surface area contributed by atoms with Crippen LogP contribution in [-0.2, 0) is 27.4 Å². The summed E-state index contributed by atoms with van der Waals surface area (Å²) in [5, 5.41) is 12.2. The van der Waals surface area contributed by atoms with Crippen LogP contribution in [0.2, 0.25) is 0 Å². The number of amides is 1. The number of ether oxygens (including phenoxy) is 2. The van der Waals surface area contributed by atoms with E-state index in [0.29, 0.717) is 0 Å². The van der Waals surface area contributed by atoms with Crippen molar-refractivity contribution in [2.75, 3.05) is 19.6 Å². The highest BCUT2D eigenvalue weighted by Crippen LogP contribution is 2.42. The summed E-state index contributed by atoms with van der Waals surface area (Å²) < 4.78 is 13.1. The fourth-order valence-corrected chi connectivity index (χ4v) is 6.66. The van der Waals surface area contributed by atoms with Crippen molar-refractivity contribution >= 4 is 51.7 Å². The molecule has 2 aliphatic rings. The van der Waals surface area contributed by atoms with Crippen LogP contribution >= 0.6 is 34.8 Å². The smallest absolute Gasteiger partial charge is 0.326 e. The monoisotopic (exact) mass is 686 g/mol. The Morgan fingerprint density at radius 3 is 2.28 bits per heavy atom. The maximum absolute atomic E-state index is 12.8. The lowest BCUT2D eigenvalue weighted by Crippen LogP contribution is -2.47. The van der Waals surface area contributed by atoms with E-state index in [1.807, 2.05) is 77.4 Å². The molecule has 4 aromatic rings. The molecule has 244 valence electrons. The van der Waals surface area contributed by atoms with Crippen LogP contribution in [0.1, 0.15) is 60.5 Å². The molecular weight excluding hydrogens is 651 g/mol. The number of hydrogen-bond acceptors (Lipinski definition) is 6. The van der Waals surface area contributed by atoms with Gasteiger partial charge < -0.3 is 29.8 Å². The molecule has 1 amide bonds. The predicted molar refractivity (Wildman–Crippen MR) is 179 cm³/mol. The van der Waals surface area contributed by atoms with Crippen LogP contribution in [0, 0.1) is 5.92 Å². The number of fused-ring (bicyclic) bond motifs is 1. The van der Waals surface area contributed by atoms with Crippen LogP contribution in [0.15, 0.2) is 77.6 Å². The first-order valence-electron chi connectivity index (χ1n) is 15.5. The molecule has 2 fully saturated rings. The number of aliphatic hydroxyl groups is 1. The minimum atomic E-state index is -2.02. The lowest BCUT2D eigenvalue weighted by atomic mass is 9.89. The maximum atomic E-state index is 12.8. The Bertz CT molecular complexity index is 1700. The third kappa shape index (κ3) is 7.31. The molecule has 1 aromatic heterocycles. The van der Waals surface area contributed by atoms with Gasteiger partial charge in [-0.2, -0.15) is 0 Å². The van der Waals surface area contributed by atoms with E-state index in [2.05, 4.69) is 22.1 Å². The highest BCUT2D eigenvalue weighted by molar-refractivity contribution is 6.76. The summed E-state index contributed by atoms with van der Waals surface area (Å²) in [5.74, 6) is -0.647. The van der Waals surface area contributed by atoms with Gasteiger partial charge >= 0.3 is 5.69 Å². The summed E-state index contributed by atoms with van der Waals surface area (Å²) in [4.78, 5) is 30.2. The molecule has 0 unspecified atom stereocenters. The molecule has 12 heteroatoms. The highest BCUT2D eigenvalue weighted by Gasteiger charge is 2.40. The van der Waals surface area contributed by atoms with Gasteiger partial charge in [0.15, 0.2) is 6.29 Å². The summed E-state index contributed by atoms with van der Waals surface area (Å²) >= 11 is 17.0. The summed E-state index contributed by atoms with van der Waals surface area (Å²) in [6.45, 7) is 4.76. The molecule has 46 heavy (non-hydrogen) atoms. The number of aliphatic hydroxyl groups excluding tert-OH is 1. The van der Waals surface area contributed by atoms with Crippen molar-refractivity contribution in [1.82, 2.24) is 19.8 Å². The van der Waals surface area contributed by atoms with E-state index in [-0.39, 0.29) is 43.0 Å². The molecule has 9 nitrogen and oxygen atoms in total. The number of aromatic amines is 1. The molecule has 0 radical (unpaired) electrons. The number of alkyl halides is 3. The zero-order valence-corrected chi connectivity index (χ0v) is 27.6. The molecule has 0 aliphatic carbocycles. The molecule has 2 saturated heterocycles. The Morgan fingerprint density at radius 1 is 0.957 bits per heavy atom. The number of nitrogens with zero attached hydrogens (tertiary/aromatic N) is 2. The normalized spacial score (nSPS) is 23.1. The fraction of sp³-hybridized carbons (Fsp3) is 0.412. The van der Waals surface area contributed by atoms with Crippen molar-refractivity contribution in [2.24, 2.45) is 5.92 Å². The standard InChI is InChI=1S/C34H37Cl3N4O5/c1-21-29(19-40-16-14-26(15-17-40)41-28-5-3-2-4-27(28)39-33(41)44)45-31(46-30(21)24-10-8-23(20-42)9-11-24)25-12-6-22(7-13-25)18-38-32(43)34(35,36)37/h2-13,21,26,29-31,42H,14-20H2,1H3,(H,38,43)(H,39,44)/t21-,29+,30+,31+/m0/s1. The number of para-hydroxylation sites is 2. The number of H-pyrrole nitrogens is 1. The minimum absolute atomic E-state index is 0.0230. The van der Waals surface area contributed by atoms with Gasteiger partial charge in [0.25, 0.3) is 9.70 Å². The number of carbonyl (C=O) groups excluding carboxylic acids is 1. The van der Waals surface area contributed by atoms with Gasteiger partial charge in [0.05, 0.1) is 29.8 Å². The molecule has 4 atom stereocenters. The number of carbonyl (C=O) groups is 1. The second-order valence-corrected chi connectivity index (χ2v) is 14.4. The van der Waals surface area contributed by atoms with Gasteiger partial charge in [0, 0.05) is 43.7 Å². The first-order chi connectivity index (χ1) is 22.1. The number of imidazole rings is 1. The van der Waals surface area contributed by atoms with E-state index >= 15 is 0 Å². The Morgan fingerprint density at radius 2 is 1.61 bits per heavy atom. The predicted octanol–water partition coefficient (Wildman–Crippen LogP) is 5.94. The van der Waals surface area contributed by atoms with Crippen LogP contribution in [0.25, 0.3) is 11.0 Å². The van der Waals surface area contributed by atoms with Crippen LogP contribution in [-0.4, -0.2) is 55.0 Å². The van der Waals surface area contributed by atoms with Crippen molar-refractivity contribution < 1.29 is 19.4 Å². The molecule has 6 rings (SSSR count). The SMILES string of the molecule is C[C@H]1[C@@H](CN2CCC(n3c(=O)[nH]c4ccccc43)CC2)O[C@@H](c2ccc(CNC(=O)C(Cl)(Cl)Cl)cc2)O[C@H]1c1ccc(CO)cc1. The quantitative estimate of drug-likeness (QED) is 0.198. The lowest BCUT2D eigenvalue weighted by Gasteiger charge is -2.44. The van der Waals surface area contributed by atoms with Gasteiger partial charge in [-0.05, 0) is 41.7 Å². The fourth-order valence-electron chi connectivity index (χ4n) is 6.45. The van der Waals surface area contributed by atoms with Crippen LogP contribution in [0.5, 0.6) is 0 Å². The van der Waals surface area contributed by atoms with Crippen LogP contribution in [0.3, 0.4) is 0 Å². The summed E-state index contributed by atoms with van der Waals surface area (Å²) in [5.41, 5.74) is 5.30. The number of hydrogen-bond donors (Lipinski definition) is 3. The Hall–Kier alpha value is -2.89. The second-order valence-electron chi connectivity index (χ2n) is 12.1. The molecular formula is C34H37Cl3N4O5. The third-order valence-corrected chi connectivity index (χ3v) is 9.59. The third-order valence-electron chi connectivity index (χ3n) is 9.07. The average Bonchev–Trinajstić information content (AvgIpc) is 3.40. The average molecular weight is 688 g/mol. The van der Waals surface area contributed by atoms with Crippen molar-refractivity contribution in [3.8, 4) is 0 Å². The van der Waals surface area contributed by atoms with E-state index < -0.39 is 16.0 Å². The number of likely N-dealkylation sites (tertiary alicyclic amines) is 1. The Balaban J connectivity index is 1.16. The summed E-state index contributed by atoms with van der Waals surface area (Å²) in [7, 11) is 0. The van der Waals surface area contributed by atoms with E-state index in [1.165, 1.54) is 0 Å². The minimum Gasteiger partial charge on any atom is -0.392 e. The van der Waals surface area contributed by atoms with Crippen molar-refractivity contribution in [1.29, 1.82) is 0 Å². The molecule has 3 aromatic carbocycles. The number of benzene rings is 3. The summed E-state index contributed by atoms with van der Waals surface area (Å²) in [6, 6.07) is 23.4. The van der Waals surface area contributed by atoms with Crippen LogP contribution in [0.4, 0.5) is 0 Å². The summed E-state index contributed by atoms with van der Waals surface area (Å²) in [6.07, 6.45) is 0.755. The van der Waals surface area contributed by atoms with Crippen molar-refractivity contribution in [3.05, 3.63) is 106 Å². The van der Waals surface area contributed by atoms with Crippen molar-refractivity contribution in [2.45, 2.75) is 61.2 Å². The Labute approximate surface area is 282 Å². The molecule has 2 aliphatic heterocycles. The van der Waals surface area contributed by atoms with Gasteiger partial charge in [-0.1, -0.05) is 102 Å². The topological polar surface area (TPSA) is 109 Å². The highest BCUT2D eigenvalue weighted by atomic mass is 35.6.